The summed E-state index contributed by atoms with van der Waals surface area (Å²) in [6.45, 7) is 8.83. The number of carbonyl (C=O) groups excluding carboxylic acids is 1. The van der Waals surface area contributed by atoms with Crippen molar-refractivity contribution in [3.63, 3.8) is 0 Å². The van der Waals surface area contributed by atoms with Crippen molar-refractivity contribution in [2.45, 2.75) is 33.7 Å². The van der Waals surface area contributed by atoms with E-state index in [0.717, 1.165) is 0 Å². The summed E-state index contributed by atoms with van der Waals surface area (Å²) < 4.78 is 0. The second-order valence-electron chi connectivity index (χ2n) is 4.01. The lowest BCUT2D eigenvalue weighted by Crippen LogP contribution is -2.27. The maximum absolute atomic E-state index is 11.1. The third-order valence-electron chi connectivity index (χ3n) is 1.71. The van der Waals surface area contributed by atoms with Crippen LogP contribution in [0.15, 0.2) is 0 Å². The second-order valence-corrected chi connectivity index (χ2v) is 4.01. The number of hydrogen-bond donors (Lipinski definition) is 2. The summed E-state index contributed by atoms with van der Waals surface area (Å²) in [6, 6.07) is 0.438. The van der Waals surface area contributed by atoms with Crippen molar-refractivity contribution in [3.8, 4) is 23.7 Å². The van der Waals surface area contributed by atoms with Crippen LogP contribution >= 0.6 is 0 Å². The molecule has 0 rings (SSSR count). The molecular formula is C13H24N2O. The maximum Gasteiger partial charge on any atom is 0.223 e. The fraction of sp³-hybridized carbons (Fsp3) is 0.615. The van der Waals surface area contributed by atoms with Crippen LogP contribution in [0.4, 0.5) is 0 Å². The van der Waals surface area contributed by atoms with Crippen molar-refractivity contribution in [1.82, 2.24) is 10.6 Å². The molecule has 92 valence electrons. The van der Waals surface area contributed by atoms with E-state index in [-0.39, 0.29) is 14.7 Å². The van der Waals surface area contributed by atoms with E-state index in [1.165, 1.54) is 0 Å². The summed E-state index contributed by atoms with van der Waals surface area (Å²) in [4.78, 5) is 11.1. The molecule has 0 unspecified atom stereocenters. The molecule has 3 heteroatoms. The summed E-state index contributed by atoms with van der Waals surface area (Å²) in [7, 11) is 0. The van der Waals surface area contributed by atoms with Crippen LogP contribution in [0, 0.1) is 29.6 Å². The fourth-order valence-electron chi connectivity index (χ4n) is 0.767. The third-order valence-corrected chi connectivity index (χ3v) is 1.71. The van der Waals surface area contributed by atoms with Gasteiger partial charge in [-0.05, 0) is 25.7 Å². The summed E-state index contributed by atoms with van der Waals surface area (Å²) >= 11 is 0. The van der Waals surface area contributed by atoms with Gasteiger partial charge in [-0.3, -0.25) is 4.79 Å². The predicted molar refractivity (Wildman–Crippen MR) is 70.8 cm³/mol. The SMILES string of the molecule is CC(C)NCC#CC#CCNC(=O)C(C)C.[HH].[HH]. The quantitative estimate of drug-likeness (QED) is 0.706. The van der Waals surface area contributed by atoms with E-state index in [4.69, 9.17) is 0 Å². The zero-order valence-electron chi connectivity index (χ0n) is 10.5. The Balaban J connectivity index is -0.00000112. The smallest absolute Gasteiger partial charge is 0.223 e. The van der Waals surface area contributed by atoms with E-state index in [9.17, 15) is 4.79 Å². The lowest BCUT2D eigenvalue weighted by atomic mass is 10.2. The maximum atomic E-state index is 11.1. The largest absolute Gasteiger partial charge is 0.345 e. The van der Waals surface area contributed by atoms with Gasteiger partial charge in [0.15, 0.2) is 0 Å². The third kappa shape index (κ3) is 9.12. The summed E-state index contributed by atoms with van der Waals surface area (Å²) in [6.07, 6.45) is 0. The van der Waals surface area contributed by atoms with Crippen molar-refractivity contribution in [2.24, 2.45) is 5.92 Å². The molecule has 0 fully saturated rings. The summed E-state index contributed by atoms with van der Waals surface area (Å²) in [5, 5.41) is 5.85. The number of rotatable bonds is 4. The molecule has 0 aromatic carbocycles. The minimum absolute atomic E-state index is 0. The zero-order chi connectivity index (χ0) is 12.4. The highest BCUT2D eigenvalue weighted by molar-refractivity contribution is 5.78. The van der Waals surface area contributed by atoms with Gasteiger partial charge in [0.05, 0.1) is 13.1 Å². The second kappa shape index (κ2) is 8.83. The van der Waals surface area contributed by atoms with Gasteiger partial charge in [0.1, 0.15) is 0 Å². The van der Waals surface area contributed by atoms with Gasteiger partial charge in [-0.15, -0.1) is 0 Å². The molecule has 16 heavy (non-hydrogen) atoms. The molecule has 0 aromatic heterocycles. The molecule has 0 spiro atoms. The number of carbonyl (C=O) groups is 1. The average molecular weight is 224 g/mol. The van der Waals surface area contributed by atoms with E-state index >= 15 is 0 Å². The number of hydrogen-bond acceptors (Lipinski definition) is 2. The standard InChI is InChI=1S/C13H20N2O.2H2/c1-11(2)13(16)15-10-8-6-5-7-9-14-12(3)4;;/h11-12,14H,9-10H2,1-4H3,(H,15,16);2*1H. The normalized spacial score (nSPS) is 9.12. The highest BCUT2D eigenvalue weighted by atomic mass is 16.1. The van der Waals surface area contributed by atoms with Gasteiger partial charge < -0.3 is 10.6 Å². The highest BCUT2D eigenvalue weighted by Gasteiger charge is 2.03. The Labute approximate surface area is 101 Å². The van der Waals surface area contributed by atoms with Crippen molar-refractivity contribution >= 4 is 5.91 Å². The molecule has 0 aliphatic rings. The van der Waals surface area contributed by atoms with Crippen LogP contribution in [0.1, 0.15) is 30.5 Å². The molecule has 0 saturated heterocycles. The van der Waals surface area contributed by atoms with Crippen LogP contribution in [0.5, 0.6) is 0 Å². The first-order valence-electron chi connectivity index (χ1n) is 5.51. The van der Waals surface area contributed by atoms with Crippen LogP contribution < -0.4 is 10.6 Å². The highest BCUT2D eigenvalue weighted by Crippen LogP contribution is 1.88. The topological polar surface area (TPSA) is 41.1 Å². The molecular weight excluding hydrogens is 200 g/mol. The zero-order valence-corrected chi connectivity index (χ0v) is 10.5. The lowest BCUT2D eigenvalue weighted by Gasteiger charge is -2.02. The monoisotopic (exact) mass is 224 g/mol. The minimum Gasteiger partial charge on any atom is -0.345 e. The predicted octanol–water partition coefficient (Wildman–Crippen LogP) is 1.26. The minimum atomic E-state index is 0. The molecule has 0 aliphatic carbocycles. The first kappa shape index (κ1) is 14.6. The Morgan fingerprint density at radius 1 is 1.12 bits per heavy atom. The van der Waals surface area contributed by atoms with Crippen LogP contribution in [0.3, 0.4) is 0 Å². The Morgan fingerprint density at radius 3 is 2.19 bits per heavy atom. The van der Waals surface area contributed by atoms with E-state index in [0.29, 0.717) is 19.1 Å². The van der Waals surface area contributed by atoms with Crippen LogP contribution in [-0.4, -0.2) is 25.0 Å². The average Bonchev–Trinajstić information content (AvgIpc) is 2.21. The number of amides is 1. The van der Waals surface area contributed by atoms with Gasteiger partial charge >= 0.3 is 0 Å². The molecule has 1 amide bonds. The summed E-state index contributed by atoms with van der Waals surface area (Å²) in [5.74, 6) is 11.1. The first-order valence-corrected chi connectivity index (χ1v) is 5.51. The van der Waals surface area contributed by atoms with E-state index in [2.05, 4.69) is 48.2 Å². The lowest BCUT2D eigenvalue weighted by molar-refractivity contribution is -0.123. The van der Waals surface area contributed by atoms with Crippen molar-refractivity contribution in [2.75, 3.05) is 13.1 Å². The van der Waals surface area contributed by atoms with E-state index in [1.54, 1.807) is 0 Å². The molecule has 0 radical (unpaired) electrons. The van der Waals surface area contributed by atoms with Crippen LogP contribution in [0.25, 0.3) is 0 Å². The van der Waals surface area contributed by atoms with E-state index in [1.807, 2.05) is 13.8 Å². The molecule has 0 aliphatic heterocycles. The molecule has 0 heterocycles. The molecule has 3 nitrogen and oxygen atoms in total. The van der Waals surface area contributed by atoms with Gasteiger partial charge in [-0.25, -0.2) is 0 Å². The molecule has 0 bridgehead atoms. The molecule has 0 saturated carbocycles. The Bertz CT molecular complexity index is 332. The van der Waals surface area contributed by atoms with Crippen LogP contribution in [0.2, 0.25) is 0 Å². The van der Waals surface area contributed by atoms with Gasteiger partial charge in [0, 0.05) is 14.8 Å². The van der Waals surface area contributed by atoms with Gasteiger partial charge in [0.25, 0.3) is 0 Å². The van der Waals surface area contributed by atoms with Gasteiger partial charge in [-0.2, -0.15) is 0 Å². The fourth-order valence-corrected chi connectivity index (χ4v) is 0.767. The first-order chi connectivity index (χ1) is 7.54. The molecule has 0 aromatic rings. The molecule has 2 N–H and O–H groups in total. The van der Waals surface area contributed by atoms with Crippen molar-refractivity contribution < 1.29 is 7.65 Å². The van der Waals surface area contributed by atoms with Gasteiger partial charge in [-0.1, -0.05) is 25.7 Å². The van der Waals surface area contributed by atoms with Gasteiger partial charge in [0.2, 0.25) is 5.91 Å². The molecule has 0 atom stereocenters. The van der Waals surface area contributed by atoms with E-state index < -0.39 is 0 Å². The number of nitrogens with one attached hydrogen (secondary N) is 2. The Morgan fingerprint density at radius 2 is 1.69 bits per heavy atom. The Kier molecular flexibility index (Phi) is 8.03. The van der Waals surface area contributed by atoms with Crippen molar-refractivity contribution in [1.29, 1.82) is 0 Å². The van der Waals surface area contributed by atoms with Crippen LogP contribution in [-0.2, 0) is 4.79 Å². The Hall–Kier alpha value is -1.45. The van der Waals surface area contributed by atoms with Crippen molar-refractivity contribution in [3.05, 3.63) is 0 Å². The summed E-state index contributed by atoms with van der Waals surface area (Å²) in [5.41, 5.74) is 0.